The van der Waals surface area contributed by atoms with Gasteiger partial charge >= 0.3 is 5.69 Å². The first-order valence-corrected chi connectivity index (χ1v) is 9.28. The van der Waals surface area contributed by atoms with E-state index in [1.807, 2.05) is 84.9 Å². The summed E-state index contributed by atoms with van der Waals surface area (Å²) in [4.78, 5) is 17.2. The molecule has 0 aliphatic rings. The van der Waals surface area contributed by atoms with Crippen LogP contribution in [0.3, 0.4) is 0 Å². The third-order valence-corrected chi connectivity index (χ3v) is 5.07. The molecule has 29 heavy (non-hydrogen) atoms. The number of hydrogen-bond donors (Lipinski definition) is 1. The van der Waals surface area contributed by atoms with Crippen LogP contribution in [0.1, 0.15) is 16.7 Å². The lowest BCUT2D eigenvalue weighted by atomic mass is 9.76. The Morgan fingerprint density at radius 2 is 1.38 bits per heavy atom. The van der Waals surface area contributed by atoms with E-state index in [0.29, 0.717) is 5.75 Å². The molecule has 0 spiro atoms. The largest absolute Gasteiger partial charge is 0.496 e. The molecular formula is C24H21N3O2. The summed E-state index contributed by atoms with van der Waals surface area (Å²) in [5.74, 6) is 0.852. The number of ether oxygens (including phenoxy) is 1. The predicted octanol–water partition coefficient (Wildman–Crippen LogP) is 3.67. The molecule has 0 saturated carbocycles. The number of aromatic nitrogens is 2. The van der Waals surface area contributed by atoms with Crippen LogP contribution < -0.4 is 16.2 Å². The molecule has 0 bridgehead atoms. The number of anilines is 1. The molecule has 0 radical (unpaired) electrons. The maximum Gasteiger partial charge on any atom is 0.350 e. The number of para-hydroxylation sites is 1. The zero-order chi connectivity index (χ0) is 20.3. The third kappa shape index (κ3) is 3.06. The van der Waals surface area contributed by atoms with Crippen LogP contribution >= 0.6 is 0 Å². The van der Waals surface area contributed by atoms with Crippen LogP contribution in [0, 0.1) is 0 Å². The van der Waals surface area contributed by atoms with Crippen molar-refractivity contribution in [2.45, 2.75) is 5.54 Å². The quantitative estimate of drug-likeness (QED) is 0.534. The third-order valence-electron chi connectivity index (χ3n) is 5.07. The van der Waals surface area contributed by atoms with Crippen molar-refractivity contribution in [3.8, 4) is 5.75 Å². The maximum atomic E-state index is 13.1. The van der Waals surface area contributed by atoms with E-state index in [9.17, 15) is 4.79 Å². The van der Waals surface area contributed by atoms with E-state index in [-0.39, 0.29) is 5.82 Å². The normalized spacial score (nSPS) is 11.2. The van der Waals surface area contributed by atoms with Crippen molar-refractivity contribution in [3.63, 3.8) is 0 Å². The van der Waals surface area contributed by atoms with Crippen LogP contribution in [0.15, 0.2) is 102 Å². The van der Waals surface area contributed by atoms with Crippen molar-refractivity contribution >= 4 is 5.82 Å². The van der Waals surface area contributed by atoms with Crippen LogP contribution in [0.2, 0.25) is 0 Å². The fourth-order valence-corrected chi connectivity index (χ4v) is 3.86. The Labute approximate surface area is 169 Å². The van der Waals surface area contributed by atoms with Gasteiger partial charge in [0.05, 0.1) is 7.11 Å². The Kier molecular flexibility index (Phi) is 4.87. The van der Waals surface area contributed by atoms with Crippen molar-refractivity contribution in [1.82, 2.24) is 9.55 Å². The summed E-state index contributed by atoms with van der Waals surface area (Å²) in [7, 11) is 1.63. The molecular weight excluding hydrogens is 362 g/mol. The average Bonchev–Trinajstić information content (AvgIpc) is 2.77. The van der Waals surface area contributed by atoms with E-state index in [4.69, 9.17) is 10.5 Å². The molecule has 1 heterocycles. The number of benzene rings is 3. The van der Waals surface area contributed by atoms with Crippen molar-refractivity contribution in [2.75, 3.05) is 12.8 Å². The van der Waals surface area contributed by atoms with Crippen molar-refractivity contribution in [1.29, 1.82) is 0 Å². The van der Waals surface area contributed by atoms with E-state index in [2.05, 4.69) is 4.98 Å². The van der Waals surface area contributed by atoms with Crippen LogP contribution in [-0.2, 0) is 5.54 Å². The number of nitrogens with two attached hydrogens (primary N) is 1. The van der Waals surface area contributed by atoms with Gasteiger partial charge in [0.1, 0.15) is 17.1 Å². The zero-order valence-corrected chi connectivity index (χ0v) is 16.0. The Balaban J connectivity index is 2.22. The highest BCUT2D eigenvalue weighted by molar-refractivity contribution is 5.55. The summed E-state index contributed by atoms with van der Waals surface area (Å²) in [6.45, 7) is 0. The van der Waals surface area contributed by atoms with E-state index in [1.54, 1.807) is 23.9 Å². The Bertz CT molecular complexity index is 1130. The highest BCUT2D eigenvalue weighted by Crippen LogP contribution is 2.43. The highest BCUT2D eigenvalue weighted by Gasteiger charge is 2.41. The van der Waals surface area contributed by atoms with E-state index in [1.165, 1.54) is 0 Å². The zero-order valence-electron chi connectivity index (χ0n) is 16.0. The molecule has 4 aromatic rings. The molecule has 0 atom stereocenters. The minimum absolute atomic E-state index is 0.182. The first kappa shape index (κ1) is 18.5. The molecule has 0 aliphatic carbocycles. The molecule has 0 fully saturated rings. The van der Waals surface area contributed by atoms with E-state index in [0.717, 1.165) is 16.7 Å². The fourth-order valence-electron chi connectivity index (χ4n) is 3.86. The van der Waals surface area contributed by atoms with Crippen molar-refractivity contribution in [3.05, 3.63) is 124 Å². The lowest BCUT2D eigenvalue weighted by Gasteiger charge is -2.38. The SMILES string of the molecule is COc1ccccc1C(c1ccccc1)(c1ccccc1)n1ccc(N)nc1=O. The molecule has 0 amide bonds. The van der Waals surface area contributed by atoms with Gasteiger partial charge in [-0.15, -0.1) is 0 Å². The molecule has 3 aromatic carbocycles. The van der Waals surface area contributed by atoms with Crippen LogP contribution in [-0.4, -0.2) is 16.7 Å². The van der Waals surface area contributed by atoms with Gasteiger partial charge in [-0.2, -0.15) is 4.98 Å². The summed E-state index contributed by atoms with van der Waals surface area (Å²) in [5.41, 5.74) is 7.00. The van der Waals surface area contributed by atoms with Gasteiger partial charge in [-0.05, 0) is 23.3 Å². The maximum absolute atomic E-state index is 13.1. The minimum Gasteiger partial charge on any atom is -0.496 e. The number of rotatable bonds is 5. The fraction of sp³-hybridized carbons (Fsp3) is 0.0833. The summed E-state index contributed by atoms with van der Waals surface area (Å²) in [6, 6.07) is 29.1. The van der Waals surface area contributed by atoms with Crippen LogP contribution in [0.25, 0.3) is 0 Å². The monoisotopic (exact) mass is 383 g/mol. The summed E-state index contributed by atoms with van der Waals surface area (Å²) >= 11 is 0. The highest BCUT2D eigenvalue weighted by atomic mass is 16.5. The Morgan fingerprint density at radius 3 is 1.93 bits per heavy atom. The van der Waals surface area contributed by atoms with Gasteiger partial charge in [0.2, 0.25) is 0 Å². The number of methoxy groups -OCH3 is 1. The first-order chi connectivity index (χ1) is 14.2. The van der Waals surface area contributed by atoms with Crippen LogP contribution in [0.5, 0.6) is 5.75 Å². The molecule has 144 valence electrons. The second kappa shape index (κ2) is 7.64. The average molecular weight is 383 g/mol. The molecule has 0 saturated heterocycles. The summed E-state index contributed by atoms with van der Waals surface area (Å²) in [6.07, 6.45) is 1.69. The number of hydrogen-bond acceptors (Lipinski definition) is 4. The molecule has 5 nitrogen and oxygen atoms in total. The molecule has 0 aliphatic heterocycles. The minimum atomic E-state index is -0.993. The van der Waals surface area contributed by atoms with Gasteiger partial charge in [-0.3, -0.25) is 4.57 Å². The second-order valence-electron chi connectivity index (χ2n) is 6.65. The molecule has 0 unspecified atom stereocenters. The Hall–Kier alpha value is -3.86. The lowest BCUT2D eigenvalue weighted by molar-refractivity contribution is 0.389. The summed E-state index contributed by atoms with van der Waals surface area (Å²) < 4.78 is 7.34. The Morgan fingerprint density at radius 1 is 0.828 bits per heavy atom. The van der Waals surface area contributed by atoms with Gasteiger partial charge in [0, 0.05) is 11.8 Å². The van der Waals surface area contributed by atoms with Gasteiger partial charge < -0.3 is 10.5 Å². The van der Waals surface area contributed by atoms with E-state index >= 15 is 0 Å². The van der Waals surface area contributed by atoms with Crippen molar-refractivity contribution in [2.24, 2.45) is 0 Å². The standard InChI is InChI=1S/C24H21N3O2/c1-29-21-15-9-8-14-20(21)24(18-10-4-2-5-11-18,19-12-6-3-7-13-19)27-17-16-22(25)26-23(27)28/h2-17H,1H3,(H2,25,26,28). The first-order valence-electron chi connectivity index (χ1n) is 9.28. The van der Waals surface area contributed by atoms with E-state index < -0.39 is 11.2 Å². The van der Waals surface area contributed by atoms with Gasteiger partial charge in [-0.25, -0.2) is 4.79 Å². The topological polar surface area (TPSA) is 70.1 Å². The molecule has 4 rings (SSSR count). The molecule has 1 aromatic heterocycles. The molecule has 5 heteroatoms. The second-order valence-corrected chi connectivity index (χ2v) is 6.65. The van der Waals surface area contributed by atoms with Crippen LogP contribution in [0.4, 0.5) is 5.82 Å². The number of nitrogen functional groups attached to an aromatic ring is 1. The summed E-state index contributed by atoms with van der Waals surface area (Å²) in [5, 5.41) is 0. The molecule has 2 N–H and O–H groups in total. The van der Waals surface area contributed by atoms with Gasteiger partial charge in [0.25, 0.3) is 0 Å². The van der Waals surface area contributed by atoms with Gasteiger partial charge in [-0.1, -0.05) is 78.9 Å². The number of nitrogens with zero attached hydrogens (tertiary/aromatic N) is 2. The van der Waals surface area contributed by atoms with Gasteiger partial charge in [0.15, 0.2) is 0 Å². The van der Waals surface area contributed by atoms with Crippen molar-refractivity contribution < 1.29 is 4.74 Å². The predicted molar refractivity (Wildman–Crippen MR) is 114 cm³/mol. The smallest absolute Gasteiger partial charge is 0.350 e. The lowest BCUT2D eigenvalue weighted by Crippen LogP contribution is -2.45.